The molecule has 29 heavy (non-hydrogen) atoms. The number of nitrogens with zero attached hydrogens (tertiary/aromatic N) is 2. The summed E-state index contributed by atoms with van der Waals surface area (Å²) < 4.78 is 0. The number of aryl methyl sites for hydroxylation is 1. The summed E-state index contributed by atoms with van der Waals surface area (Å²) in [5.41, 5.74) is 7.67. The number of H-pyrrole nitrogens is 1. The molecule has 3 N–H and O–H groups in total. The van der Waals surface area contributed by atoms with Gasteiger partial charge in [0.2, 0.25) is 5.91 Å². The minimum Gasteiger partial charge on any atom is -0.370 e. The third-order valence-corrected chi connectivity index (χ3v) is 6.53. The molecule has 0 bridgehead atoms. The van der Waals surface area contributed by atoms with Crippen molar-refractivity contribution in [3.63, 3.8) is 0 Å². The van der Waals surface area contributed by atoms with Crippen LogP contribution in [-0.2, 0) is 4.79 Å². The van der Waals surface area contributed by atoms with Gasteiger partial charge in [0.25, 0.3) is 5.91 Å². The van der Waals surface area contributed by atoms with Gasteiger partial charge in [-0.3, -0.25) is 9.59 Å². The van der Waals surface area contributed by atoms with E-state index >= 15 is 0 Å². The molecule has 0 spiro atoms. The molecule has 1 fully saturated rings. The maximum atomic E-state index is 12.9. The van der Waals surface area contributed by atoms with E-state index < -0.39 is 0 Å². The van der Waals surface area contributed by atoms with E-state index in [1.54, 1.807) is 6.92 Å². The van der Waals surface area contributed by atoms with Crippen molar-refractivity contribution >= 4 is 34.1 Å². The Morgan fingerprint density at radius 2 is 1.97 bits per heavy atom. The van der Waals surface area contributed by atoms with Crippen molar-refractivity contribution in [2.45, 2.75) is 52.0 Å². The lowest BCUT2D eigenvalue weighted by atomic mass is 10.2. The Kier molecular flexibility index (Phi) is 6.69. The Morgan fingerprint density at radius 3 is 2.62 bits per heavy atom. The Hall–Kier alpha value is -2.67. The summed E-state index contributed by atoms with van der Waals surface area (Å²) in [5, 5.41) is 2.08. The van der Waals surface area contributed by atoms with Crippen molar-refractivity contribution in [3.05, 3.63) is 41.0 Å². The molecular weight excluding hydrogens is 384 g/mol. The highest BCUT2D eigenvalue weighted by molar-refractivity contribution is 7.17. The Labute approximate surface area is 175 Å². The van der Waals surface area contributed by atoms with Gasteiger partial charge in [0.05, 0.1) is 5.69 Å². The zero-order valence-corrected chi connectivity index (χ0v) is 18.0. The largest absolute Gasteiger partial charge is 0.370 e. The monoisotopic (exact) mass is 412 g/mol. The first-order valence-corrected chi connectivity index (χ1v) is 10.8. The van der Waals surface area contributed by atoms with E-state index in [0.29, 0.717) is 12.5 Å². The molecule has 2 heterocycles. The normalized spacial score (nSPS) is 13.9. The molecule has 0 saturated heterocycles. The molecule has 154 valence electrons. The molecule has 0 atom stereocenters. The number of carbonyl (C=O) groups excluding carboxylic acids is 2. The van der Waals surface area contributed by atoms with Crippen LogP contribution in [0.4, 0.5) is 0 Å². The summed E-state index contributed by atoms with van der Waals surface area (Å²) in [7, 11) is 1.93. The van der Waals surface area contributed by atoms with Crippen LogP contribution in [0.15, 0.2) is 30.5 Å². The fraction of sp³-hybridized carbons (Fsp3) is 0.409. The van der Waals surface area contributed by atoms with Crippen LogP contribution in [0.1, 0.15) is 54.4 Å². The topological polar surface area (TPSA) is 92.1 Å². The Balaban J connectivity index is 0.000000431. The van der Waals surface area contributed by atoms with Gasteiger partial charge in [-0.2, -0.15) is 0 Å². The summed E-state index contributed by atoms with van der Waals surface area (Å²) >= 11 is 1.51. The smallest absolute Gasteiger partial charge is 0.265 e. The number of primary amides is 1. The van der Waals surface area contributed by atoms with Crippen LogP contribution < -0.4 is 5.73 Å². The number of aromatic amines is 1. The number of nitrogens with one attached hydrogen (secondary N) is 1. The van der Waals surface area contributed by atoms with E-state index in [2.05, 4.69) is 40.0 Å². The average molecular weight is 413 g/mol. The molecule has 1 aromatic carbocycles. The molecule has 0 aliphatic heterocycles. The third kappa shape index (κ3) is 4.85. The minimum absolute atomic E-state index is 0.117. The van der Waals surface area contributed by atoms with Crippen LogP contribution in [-0.4, -0.2) is 39.8 Å². The molecule has 1 aliphatic rings. The van der Waals surface area contributed by atoms with E-state index in [1.165, 1.54) is 24.2 Å². The second kappa shape index (κ2) is 9.22. The van der Waals surface area contributed by atoms with Gasteiger partial charge in [-0.05, 0) is 44.0 Å². The van der Waals surface area contributed by atoms with Gasteiger partial charge in [0.15, 0.2) is 0 Å². The van der Waals surface area contributed by atoms with E-state index in [0.717, 1.165) is 44.9 Å². The first-order valence-electron chi connectivity index (χ1n) is 10.0. The molecule has 2 amide bonds. The van der Waals surface area contributed by atoms with Crippen LogP contribution in [0.2, 0.25) is 0 Å². The summed E-state index contributed by atoms with van der Waals surface area (Å²) in [4.78, 5) is 33.0. The number of hydrogen-bond donors (Lipinski definition) is 2. The predicted octanol–water partition coefficient (Wildman–Crippen LogP) is 4.50. The fourth-order valence-electron chi connectivity index (χ4n) is 3.52. The molecule has 6 nitrogen and oxygen atoms in total. The van der Waals surface area contributed by atoms with E-state index in [1.807, 2.05) is 25.1 Å². The SMILES string of the molecule is CCC(N)=O.Cc1nc(-c2ccc3[nH]ccc3c2)sc1C(=O)N(C)C1CCCC1. The van der Waals surface area contributed by atoms with Gasteiger partial charge < -0.3 is 15.6 Å². The van der Waals surface area contributed by atoms with Crippen LogP contribution in [0.25, 0.3) is 21.5 Å². The third-order valence-electron chi connectivity index (χ3n) is 5.33. The molecular formula is C22H28N4O2S. The zero-order chi connectivity index (χ0) is 21.0. The highest BCUT2D eigenvalue weighted by atomic mass is 32.1. The lowest BCUT2D eigenvalue weighted by Crippen LogP contribution is -2.35. The van der Waals surface area contributed by atoms with E-state index in [4.69, 9.17) is 0 Å². The molecule has 3 aromatic rings. The molecule has 7 heteroatoms. The summed E-state index contributed by atoms with van der Waals surface area (Å²) in [6, 6.07) is 8.69. The van der Waals surface area contributed by atoms with Crippen molar-refractivity contribution in [3.8, 4) is 10.6 Å². The Bertz CT molecular complexity index is 1000. The van der Waals surface area contributed by atoms with Crippen molar-refractivity contribution in [1.29, 1.82) is 0 Å². The number of carbonyl (C=O) groups is 2. The molecule has 1 saturated carbocycles. The summed E-state index contributed by atoms with van der Waals surface area (Å²) in [6.07, 6.45) is 7.08. The lowest BCUT2D eigenvalue weighted by Gasteiger charge is -2.23. The molecule has 2 aromatic heterocycles. The zero-order valence-electron chi connectivity index (χ0n) is 17.2. The number of aromatic nitrogens is 2. The number of rotatable bonds is 4. The van der Waals surface area contributed by atoms with Gasteiger partial charge in [0, 0.05) is 42.2 Å². The Morgan fingerprint density at radius 1 is 1.28 bits per heavy atom. The minimum atomic E-state index is -0.245. The first kappa shape index (κ1) is 21.0. The highest BCUT2D eigenvalue weighted by Gasteiger charge is 2.27. The number of nitrogens with two attached hydrogens (primary N) is 1. The maximum Gasteiger partial charge on any atom is 0.265 e. The maximum absolute atomic E-state index is 12.9. The van der Waals surface area contributed by atoms with Gasteiger partial charge in [0.1, 0.15) is 9.88 Å². The van der Waals surface area contributed by atoms with Crippen LogP contribution in [0.3, 0.4) is 0 Å². The first-order chi connectivity index (χ1) is 13.9. The second-order valence-electron chi connectivity index (χ2n) is 7.39. The number of thiazole rings is 1. The van der Waals surface area contributed by atoms with Crippen molar-refractivity contribution < 1.29 is 9.59 Å². The fourth-order valence-corrected chi connectivity index (χ4v) is 4.57. The van der Waals surface area contributed by atoms with Gasteiger partial charge in [-0.1, -0.05) is 19.8 Å². The number of fused-ring (bicyclic) bond motifs is 1. The van der Waals surface area contributed by atoms with E-state index in [-0.39, 0.29) is 11.8 Å². The number of hydrogen-bond acceptors (Lipinski definition) is 4. The summed E-state index contributed by atoms with van der Waals surface area (Å²) in [6.45, 7) is 3.66. The predicted molar refractivity (Wildman–Crippen MR) is 118 cm³/mol. The van der Waals surface area contributed by atoms with Crippen molar-refractivity contribution in [2.24, 2.45) is 5.73 Å². The van der Waals surface area contributed by atoms with Gasteiger partial charge in [-0.25, -0.2) is 4.98 Å². The standard InChI is InChI=1S/C19H21N3OS.C3H7NO/c1-12-17(19(23)22(2)15-5-3-4-6-15)24-18(21-12)14-7-8-16-13(11-14)9-10-20-16;1-2-3(4)5/h7-11,15,20H,3-6H2,1-2H3;2H2,1H3,(H2,4,5). The lowest BCUT2D eigenvalue weighted by molar-refractivity contribution is -0.117. The number of amides is 2. The highest BCUT2D eigenvalue weighted by Crippen LogP contribution is 2.32. The van der Waals surface area contributed by atoms with Crippen molar-refractivity contribution in [2.75, 3.05) is 7.05 Å². The van der Waals surface area contributed by atoms with Gasteiger partial charge in [-0.15, -0.1) is 11.3 Å². The molecule has 0 radical (unpaired) electrons. The molecule has 0 unspecified atom stereocenters. The van der Waals surface area contributed by atoms with Crippen molar-refractivity contribution in [1.82, 2.24) is 14.9 Å². The van der Waals surface area contributed by atoms with Crippen LogP contribution in [0, 0.1) is 6.92 Å². The summed E-state index contributed by atoms with van der Waals surface area (Å²) in [5.74, 6) is -0.129. The average Bonchev–Trinajstić information content (AvgIpc) is 3.47. The van der Waals surface area contributed by atoms with E-state index in [9.17, 15) is 9.59 Å². The molecule has 1 aliphatic carbocycles. The number of benzene rings is 1. The van der Waals surface area contributed by atoms with Crippen LogP contribution >= 0.6 is 11.3 Å². The molecule has 4 rings (SSSR count). The van der Waals surface area contributed by atoms with Gasteiger partial charge >= 0.3 is 0 Å². The van der Waals surface area contributed by atoms with Crippen LogP contribution in [0.5, 0.6) is 0 Å². The second-order valence-corrected chi connectivity index (χ2v) is 8.39. The quantitative estimate of drug-likeness (QED) is 0.661.